The summed E-state index contributed by atoms with van der Waals surface area (Å²) in [5, 5.41) is 0. The van der Waals surface area contributed by atoms with Gasteiger partial charge in [0.15, 0.2) is 0 Å². The van der Waals surface area contributed by atoms with Crippen LogP contribution in [-0.4, -0.2) is 26.3 Å². The minimum atomic E-state index is 0.585. The Balaban J connectivity index is 2.79. The largest absolute Gasteiger partial charge is 0.380 e. The number of hydrogen-bond donors (Lipinski definition) is 1. The van der Waals surface area contributed by atoms with Gasteiger partial charge in [0, 0.05) is 31.9 Å². The van der Waals surface area contributed by atoms with Crippen molar-refractivity contribution >= 4 is 5.69 Å². The Morgan fingerprint density at radius 1 is 1.29 bits per heavy atom. The van der Waals surface area contributed by atoms with Crippen LogP contribution in [0.1, 0.15) is 25.0 Å². The van der Waals surface area contributed by atoms with Crippen LogP contribution in [0.25, 0.3) is 0 Å². The monoisotopic (exact) mass is 236 g/mol. The zero-order valence-electron chi connectivity index (χ0n) is 11.2. The van der Waals surface area contributed by atoms with Crippen molar-refractivity contribution in [3.8, 4) is 0 Å². The number of nitrogens with zero attached hydrogens (tertiary/aromatic N) is 1. The quantitative estimate of drug-likeness (QED) is 0.738. The van der Waals surface area contributed by atoms with Gasteiger partial charge in [-0.15, -0.1) is 0 Å². The summed E-state index contributed by atoms with van der Waals surface area (Å²) >= 11 is 0. The van der Waals surface area contributed by atoms with Crippen molar-refractivity contribution in [2.75, 3.05) is 31.2 Å². The molecule has 0 fully saturated rings. The van der Waals surface area contributed by atoms with Crippen LogP contribution in [0.2, 0.25) is 0 Å². The molecule has 17 heavy (non-hydrogen) atoms. The highest BCUT2D eigenvalue weighted by Gasteiger charge is 2.08. The number of ether oxygens (including phenoxy) is 1. The van der Waals surface area contributed by atoms with E-state index >= 15 is 0 Å². The van der Waals surface area contributed by atoms with Gasteiger partial charge in [-0.2, -0.15) is 0 Å². The van der Waals surface area contributed by atoms with Crippen LogP contribution in [0, 0.1) is 6.92 Å². The van der Waals surface area contributed by atoms with Gasteiger partial charge in [0.1, 0.15) is 0 Å². The molecule has 0 aliphatic heterocycles. The summed E-state index contributed by atoms with van der Waals surface area (Å²) in [5.41, 5.74) is 9.52. The first-order chi connectivity index (χ1) is 8.22. The van der Waals surface area contributed by atoms with Gasteiger partial charge in [0.2, 0.25) is 0 Å². The number of hydrogen-bond acceptors (Lipinski definition) is 3. The van der Waals surface area contributed by atoms with Gasteiger partial charge in [0.05, 0.1) is 6.61 Å². The second-order valence-corrected chi connectivity index (χ2v) is 4.11. The molecule has 1 aromatic carbocycles. The molecule has 0 aliphatic rings. The summed E-state index contributed by atoms with van der Waals surface area (Å²) in [6.07, 6.45) is 0. The lowest BCUT2D eigenvalue weighted by Crippen LogP contribution is -2.28. The molecular formula is C14H24N2O. The highest BCUT2D eigenvalue weighted by molar-refractivity contribution is 5.54. The van der Waals surface area contributed by atoms with Crippen molar-refractivity contribution < 1.29 is 4.74 Å². The summed E-state index contributed by atoms with van der Waals surface area (Å²) in [5.74, 6) is 0. The average Bonchev–Trinajstić information content (AvgIpc) is 2.35. The van der Waals surface area contributed by atoms with E-state index in [2.05, 4.69) is 36.9 Å². The first-order valence-electron chi connectivity index (χ1n) is 6.35. The van der Waals surface area contributed by atoms with E-state index in [0.717, 1.165) is 26.3 Å². The smallest absolute Gasteiger partial charge is 0.0641 e. The molecule has 0 bridgehead atoms. The number of aryl methyl sites for hydroxylation is 1. The predicted molar refractivity (Wildman–Crippen MR) is 73.5 cm³/mol. The molecule has 3 heteroatoms. The zero-order chi connectivity index (χ0) is 12.7. The maximum Gasteiger partial charge on any atom is 0.0641 e. The lowest BCUT2D eigenvalue weighted by molar-refractivity contribution is 0.154. The molecule has 1 rings (SSSR count). The van der Waals surface area contributed by atoms with Crippen LogP contribution in [0.15, 0.2) is 18.2 Å². The van der Waals surface area contributed by atoms with Gasteiger partial charge >= 0.3 is 0 Å². The van der Waals surface area contributed by atoms with Crippen molar-refractivity contribution in [3.63, 3.8) is 0 Å². The minimum absolute atomic E-state index is 0.585. The molecule has 0 amide bonds. The van der Waals surface area contributed by atoms with Crippen LogP contribution in [0.5, 0.6) is 0 Å². The Bertz CT molecular complexity index is 339. The molecule has 0 spiro atoms. The molecule has 0 heterocycles. The SMILES string of the molecule is CCOCCN(CC)c1ccc(C)cc1CN. The zero-order valence-corrected chi connectivity index (χ0v) is 11.2. The molecule has 0 saturated carbocycles. The lowest BCUT2D eigenvalue weighted by Gasteiger charge is -2.25. The average molecular weight is 236 g/mol. The van der Waals surface area contributed by atoms with E-state index < -0.39 is 0 Å². The summed E-state index contributed by atoms with van der Waals surface area (Å²) in [4.78, 5) is 2.32. The molecule has 0 atom stereocenters. The Kier molecular flexibility index (Phi) is 6.01. The van der Waals surface area contributed by atoms with Crippen molar-refractivity contribution in [1.82, 2.24) is 0 Å². The number of nitrogens with two attached hydrogens (primary N) is 1. The van der Waals surface area contributed by atoms with Gasteiger partial charge < -0.3 is 15.4 Å². The number of rotatable bonds is 7. The van der Waals surface area contributed by atoms with Gasteiger partial charge in [0.25, 0.3) is 0 Å². The van der Waals surface area contributed by atoms with Crippen LogP contribution < -0.4 is 10.6 Å². The van der Waals surface area contributed by atoms with Gasteiger partial charge in [-0.05, 0) is 32.4 Å². The number of anilines is 1. The van der Waals surface area contributed by atoms with Crippen molar-refractivity contribution in [3.05, 3.63) is 29.3 Å². The molecular weight excluding hydrogens is 212 g/mol. The van der Waals surface area contributed by atoms with E-state index in [0.29, 0.717) is 6.54 Å². The lowest BCUT2D eigenvalue weighted by atomic mass is 10.1. The summed E-state index contributed by atoms with van der Waals surface area (Å²) in [7, 11) is 0. The second kappa shape index (κ2) is 7.30. The van der Waals surface area contributed by atoms with Crippen molar-refractivity contribution in [2.45, 2.75) is 27.3 Å². The second-order valence-electron chi connectivity index (χ2n) is 4.11. The first kappa shape index (κ1) is 14.0. The molecule has 1 aromatic rings. The van der Waals surface area contributed by atoms with Crippen molar-refractivity contribution in [2.24, 2.45) is 5.73 Å². The Labute approximate surface area is 105 Å². The Hall–Kier alpha value is -1.06. The van der Waals surface area contributed by atoms with E-state index in [1.165, 1.54) is 16.8 Å². The number of benzene rings is 1. The maximum absolute atomic E-state index is 5.81. The van der Waals surface area contributed by atoms with E-state index in [4.69, 9.17) is 10.5 Å². The fraction of sp³-hybridized carbons (Fsp3) is 0.571. The minimum Gasteiger partial charge on any atom is -0.380 e. The van der Waals surface area contributed by atoms with E-state index in [1.54, 1.807) is 0 Å². The third-order valence-corrected chi connectivity index (χ3v) is 2.89. The van der Waals surface area contributed by atoms with Crippen molar-refractivity contribution in [1.29, 1.82) is 0 Å². The third kappa shape index (κ3) is 4.02. The predicted octanol–water partition coefficient (Wildman–Crippen LogP) is 2.32. The molecule has 3 nitrogen and oxygen atoms in total. The summed E-state index contributed by atoms with van der Waals surface area (Å²) in [6.45, 7) is 10.3. The molecule has 2 N–H and O–H groups in total. The van der Waals surface area contributed by atoms with Gasteiger partial charge in [-0.1, -0.05) is 17.7 Å². The molecule has 0 aliphatic carbocycles. The van der Waals surface area contributed by atoms with E-state index in [9.17, 15) is 0 Å². The van der Waals surface area contributed by atoms with Gasteiger partial charge in [-0.3, -0.25) is 0 Å². The molecule has 0 saturated heterocycles. The fourth-order valence-corrected chi connectivity index (χ4v) is 1.95. The fourth-order valence-electron chi connectivity index (χ4n) is 1.95. The number of likely N-dealkylation sites (N-methyl/N-ethyl adjacent to an activating group) is 1. The van der Waals surface area contributed by atoms with Crippen LogP contribution in [0.4, 0.5) is 5.69 Å². The summed E-state index contributed by atoms with van der Waals surface area (Å²) in [6, 6.07) is 6.46. The van der Waals surface area contributed by atoms with Crippen LogP contribution >= 0.6 is 0 Å². The highest BCUT2D eigenvalue weighted by atomic mass is 16.5. The molecule has 96 valence electrons. The summed E-state index contributed by atoms with van der Waals surface area (Å²) < 4.78 is 5.41. The Morgan fingerprint density at radius 2 is 2.06 bits per heavy atom. The van der Waals surface area contributed by atoms with E-state index in [-0.39, 0.29) is 0 Å². The topological polar surface area (TPSA) is 38.5 Å². The van der Waals surface area contributed by atoms with E-state index in [1.807, 2.05) is 6.92 Å². The Morgan fingerprint density at radius 3 is 2.65 bits per heavy atom. The third-order valence-electron chi connectivity index (χ3n) is 2.89. The molecule has 0 unspecified atom stereocenters. The van der Waals surface area contributed by atoms with Crippen LogP contribution in [-0.2, 0) is 11.3 Å². The molecule has 0 aromatic heterocycles. The highest BCUT2D eigenvalue weighted by Crippen LogP contribution is 2.21. The normalized spacial score (nSPS) is 10.6. The standard InChI is InChI=1S/C14H24N2O/c1-4-16(8-9-17-5-2)14-7-6-12(3)10-13(14)11-15/h6-7,10H,4-5,8-9,11,15H2,1-3H3. The first-order valence-corrected chi connectivity index (χ1v) is 6.35. The molecule has 0 radical (unpaired) electrons. The van der Waals surface area contributed by atoms with Crippen LogP contribution in [0.3, 0.4) is 0 Å². The van der Waals surface area contributed by atoms with Gasteiger partial charge in [-0.25, -0.2) is 0 Å². The maximum atomic E-state index is 5.81.